The Kier molecular flexibility index (Phi) is 3.68. The smallest absolute Gasteiger partial charge is 0.0613 e. The molecule has 0 radical (unpaired) electrons. The van der Waals surface area contributed by atoms with E-state index in [4.69, 9.17) is 0 Å². The molecule has 0 aromatic heterocycles. The number of hydrogen-bond acceptors (Lipinski definition) is 2. The fourth-order valence-corrected chi connectivity index (χ4v) is 2.97. The monoisotopic (exact) mass is 211 g/mol. The fourth-order valence-electron chi connectivity index (χ4n) is 2.97. The third-order valence-electron chi connectivity index (χ3n) is 4.14. The molecule has 2 atom stereocenters. The predicted molar refractivity (Wildman–Crippen MR) is 62.8 cm³/mol. The highest BCUT2D eigenvalue weighted by Gasteiger charge is 2.34. The van der Waals surface area contributed by atoms with Crippen LogP contribution in [0.3, 0.4) is 0 Å². The first-order valence-corrected chi connectivity index (χ1v) is 6.60. The molecule has 2 aliphatic carbocycles. The molecule has 2 unspecified atom stereocenters. The number of aliphatic hydroxyl groups is 1. The first-order valence-electron chi connectivity index (χ1n) is 6.60. The Morgan fingerprint density at radius 1 is 1.33 bits per heavy atom. The van der Waals surface area contributed by atoms with E-state index >= 15 is 0 Å². The molecule has 2 nitrogen and oxygen atoms in total. The second-order valence-corrected chi connectivity index (χ2v) is 5.80. The SMILES string of the molecule is CC1CCCC(CO)(NCCC2CC2)C1. The molecule has 2 fully saturated rings. The van der Waals surface area contributed by atoms with E-state index in [1.165, 1.54) is 38.5 Å². The predicted octanol–water partition coefficient (Wildman–Crippen LogP) is 2.32. The molecule has 0 aliphatic heterocycles. The van der Waals surface area contributed by atoms with Gasteiger partial charge >= 0.3 is 0 Å². The van der Waals surface area contributed by atoms with Crippen molar-refractivity contribution in [3.05, 3.63) is 0 Å². The van der Waals surface area contributed by atoms with E-state index in [1.54, 1.807) is 0 Å². The van der Waals surface area contributed by atoms with Gasteiger partial charge in [-0.3, -0.25) is 0 Å². The zero-order valence-electron chi connectivity index (χ0n) is 9.97. The average Bonchev–Trinajstić information content (AvgIpc) is 3.02. The van der Waals surface area contributed by atoms with Gasteiger partial charge in [0.05, 0.1) is 6.61 Å². The van der Waals surface area contributed by atoms with E-state index in [9.17, 15) is 5.11 Å². The molecule has 88 valence electrons. The Hall–Kier alpha value is -0.0800. The Morgan fingerprint density at radius 2 is 2.13 bits per heavy atom. The van der Waals surface area contributed by atoms with E-state index in [1.807, 2.05) is 0 Å². The lowest BCUT2D eigenvalue weighted by atomic mass is 9.77. The second kappa shape index (κ2) is 4.84. The second-order valence-electron chi connectivity index (χ2n) is 5.80. The van der Waals surface area contributed by atoms with E-state index in [-0.39, 0.29) is 5.54 Å². The minimum atomic E-state index is 0.0621. The molecule has 0 saturated heterocycles. The van der Waals surface area contributed by atoms with E-state index in [0.717, 1.165) is 24.8 Å². The van der Waals surface area contributed by atoms with Gasteiger partial charge in [-0.25, -0.2) is 0 Å². The summed E-state index contributed by atoms with van der Waals surface area (Å²) in [7, 11) is 0. The van der Waals surface area contributed by atoms with Crippen LogP contribution in [0.4, 0.5) is 0 Å². The average molecular weight is 211 g/mol. The molecule has 0 amide bonds. The number of nitrogens with one attached hydrogen (secondary N) is 1. The van der Waals surface area contributed by atoms with Crippen molar-refractivity contribution in [3.8, 4) is 0 Å². The van der Waals surface area contributed by atoms with E-state index < -0.39 is 0 Å². The van der Waals surface area contributed by atoms with Gasteiger partial charge in [-0.1, -0.05) is 32.6 Å². The van der Waals surface area contributed by atoms with Gasteiger partial charge in [0.15, 0.2) is 0 Å². The van der Waals surface area contributed by atoms with Crippen LogP contribution in [0, 0.1) is 11.8 Å². The van der Waals surface area contributed by atoms with Crippen LogP contribution >= 0.6 is 0 Å². The summed E-state index contributed by atoms with van der Waals surface area (Å²) in [6, 6.07) is 0. The molecular weight excluding hydrogens is 186 g/mol. The molecular formula is C13H25NO. The van der Waals surface area contributed by atoms with Crippen LogP contribution in [0.25, 0.3) is 0 Å². The maximum absolute atomic E-state index is 9.58. The Labute approximate surface area is 93.5 Å². The zero-order valence-corrected chi connectivity index (χ0v) is 9.97. The summed E-state index contributed by atoms with van der Waals surface area (Å²) in [6.07, 6.45) is 9.13. The van der Waals surface area contributed by atoms with Crippen molar-refractivity contribution in [3.63, 3.8) is 0 Å². The molecule has 2 N–H and O–H groups in total. The minimum Gasteiger partial charge on any atom is -0.394 e. The summed E-state index contributed by atoms with van der Waals surface area (Å²) in [5, 5.41) is 13.2. The van der Waals surface area contributed by atoms with Crippen molar-refractivity contribution in [1.82, 2.24) is 5.32 Å². The minimum absolute atomic E-state index is 0.0621. The Morgan fingerprint density at radius 3 is 2.73 bits per heavy atom. The molecule has 0 aromatic rings. The van der Waals surface area contributed by atoms with Gasteiger partial charge in [-0.2, -0.15) is 0 Å². The third-order valence-corrected chi connectivity index (χ3v) is 4.14. The summed E-state index contributed by atoms with van der Waals surface area (Å²) in [5.74, 6) is 1.77. The van der Waals surface area contributed by atoms with Crippen molar-refractivity contribution in [2.45, 2.75) is 57.4 Å². The Bertz CT molecular complexity index is 203. The normalized spacial score (nSPS) is 36.8. The van der Waals surface area contributed by atoms with Crippen molar-refractivity contribution < 1.29 is 5.11 Å². The lowest BCUT2D eigenvalue weighted by Gasteiger charge is -2.39. The van der Waals surface area contributed by atoms with E-state index in [2.05, 4.69) is 12.2 Å². The third kappa shape index (κ3) is 3.18. The van der Waals surface area contributed by atoms with Crippen LogP contribution in [-0.2, 0) is 0 Å². The molecule has 2 heteroatoms. The van der Waals surface area contributed by atoms with Crippen LogP contribution < -0.4 is 5.32 Å². The number of aliphatic hydroxyl groups excluding tert-OH is 1. The van der Waals surface area contributed by atoms with Crippen LogP contribution in [-0.4, -0.2) is 23.8 Å². The molecule has 2 aliphatic rings. The van der Waals surface area contributed by atoms with Crippen molar-refractivity contribution in [1.29, 1.82) is 0 Å². The van der Waals surface area contributed by atoms with Gasteiger partial charge in [0.1, 0.15) is 0 Å². The Balaban J connectivity index is 1.77. The molecule has 15 heavy (non-hydrogen) atoms. The fraction of sp³-hybridized carbons (Fsp3) is 1.00. The number of hydrogen-bond donors (Lipinski definition) is 2. The standard InChI is InChI=1S/C13H25NO/c1-11-3-2-7-13(9-11,10-15)14-8-6-12-4-5-12/h11-12,14-15H,2-10H2,1H3. The van der Waals surface area contributed by atoms with Crippen molar-refractivity contribution >= 4 is 0 Å². The molecule has 0 heterocycles. The molecule has 0 bridgehead atoms. The molecule has 2 rings (SSSR count). The quantitative estimate of drug-likeness (QED) is 0.731. The zero-order chi connectivity index (χ0) is 10.7. The van der Waals surface area contributed by atoms with Crippen LogP contribution in [0.1, 0.15) is 51.9 Å². The molecule has 2 saturated carbocycles. The van der Waals surface area contributed by atoms with Gasteiger partial charge in [0, 0.05) is 5.54 Å². The van der Waals surface area contributed by atoms with Crippen LogP contribution in [0.5, 0.6) is 0 Å². The summed E-state index contributed by atoms with van der Waals surface area (Å²) >= 11 is 0. The van der Waals surface area contributed by atoms with Gasteiger partial charge in [-0.05, 0) is 37.6 Å². The van der Waals surface area contributed by atoms with Gasteiger partial charge in [0.2, 0.25) is 0 Å². The molecule has 0 aromatic carbocycles. The topological polar surface area (TPSA) is 32.3 Å². The maximum Gasteiger partial charge on any atom is 0.0613 e. The van der Waals surface area contributed by atoms with Gasteiger partial charge in [0.25, 0.3) is 0 Å². The first kappa shape index (κ1) is 11.4. The molecule has 0 spiro atoms. The highest BCUT2D eigenvalue weighted by atomic mass is 16.3. The summed E-state index contributed by atoms with van der Waals surface area (Å²) in [6.45, 7) is 3.74. The summed E-state index contributed by atoms with van der Waals surface area (Å²) < 4.78 is 0. The largest absolute Gasteiger partial charge is 0.394 e. The van der Waals surface area contributed by atoms with Crippen molar-refractivity contribution in [2.75, 3.05) is 13.2 Å². The number of rotatable bonds is 5. The first-order chi connectivity index (χ1) is 7.24. The van der Waals surface area contributed by atoms with E-state index in [0.29, 0.717) is 6.61 Å². The summed E-state index contributed by atoms with van der Waals surface area (Å²) in [4.78, 5) is 0. The van der Waals surface area contributed by atoms with Crippen molar-refractivity contribution in [2.24, 2.45) is 11.8 Å². The lowest BCUT2D eigenvalue weighted by Crippen LogP contribution is -2.51. The highest BCUT2D eigenvalue weighted by molar-refractivity contribution is 4.92. The maximum atomic E-state index is 9.58. The highest BCUT2D eigenvalue weighted by Crippen LogP contribution is 2.34. The van der Waals surface area contributed by atoms with Gasteiger partial charge < -0.3 is 10.4 Å². The van der Waals surface area contributed by atoms with Gasteiger partial charge in [-0.15, -0.1) is 0 Å². The lowest BCUT2D eigenvalue weighted by molar-refractivity contribution is 0.0993. The summed E-state index contributed by atoms with van der Waals surface area (Å²) in [5.41, 5.74) is 0.0621. The van der Waals surface area contributed by atoms with Crippen LogP contribution in [0.15, 0.2) is 0 Å². The van der Waals surface area contributed by atoms with Crippen LogP contribution in [0.2, 0.25) is 0 Å².